The Morgan fingerprint density at radius 1 is 0.970 bits per heavy atom. The molecule has 2 fully saturated rings. The van der Waals surface area contributed by atoms with Crippen LogP contribution in [0, 0.1) is 11.8 Å². The highest BCUT2D eigenvalue weighted by atomic mass is 16.5. The Morgan fingerprint density at radius 3 is 2.52 bits per heavy atom. The van der Waals surface area contributed by atoms with Crippen LogP contribution in [-0.4, -0.2) is 80.6 Å². The molecule has 178 valence electrons. The Morgan fingerprint density at radius 2 is 1.73 bits per heavy atom. The summed E-state index contributed by atoms with van der Waals surface area (Å²) in [4.78, 5) is 29.0. The van der Waals surface area contributed by atoms with E-state index in [0.29, 0.717) is 19.0 Å². The van der Waals surface area contributed by atoms with Gasteiger partial charge in [-0.3, -0.25) is 19.4 Å². The van der Waals surface area contributed by atoms with Crippen molar-refractivity contribution >= 4 is 22.6 Å². The molecule has 33 heavy (non-hydrogen) atoms. The number of carbonyl (C=O) groups is 2. The summed E-state index contributed by atoms with van der Waals surface area (Å²) in [6.45, 7) is 9.56. The summed E-state index contributed by atoms with van der Waals surface area (Å²) in [7, 11) is 0. The molecule has 0 bridgehead atoms. The van der Waals surface area contributed by atoms with Crippen molar-refractivity contribution in [3.8, 4) is 0 Å². The van der Waals surface area contributed by atoms with Crippen LogP contribution in [0.4, 0.5) is 0 Å². The summed E-state index contributed by atoms with van der Waals surface area (Å²) >= 11 is 0. The molecule has 0 unspecified atom stereocenters. The Balaban J connectivity index is 1.41. The van der Waals surface area contributed by atoms with Crippen molar-refractivity contribution in [2.75, 3.05) is 59.0 Å². The summed E-state index contributed by atoms with van der Waals surface area (Å²) in [6, 6.07) is 15.1. The van der Waals surface area contributed by atoms with Gasteiger partial charge in [-0.25, -0.2) is 0 Å². The van der Waals surface area contributed by atoms with Gasteiger partial charge in [-0.15, -0.1) is 0 Å². The van der Waals surface area contributed by atoms with Crippen molar-refractivity contribution in [1.29, 1.82) is 0 Å². The zero-order valence-electron chi connectivity index (χ0n) is 19.6. The second-order valence-electron chi connectivity index (χ2n) is 9.36. The number of piperidine rings is 1. The number of ether oxygens (including phenoxy) is 1. The molecule has 7 nitrogen and oxygen atoms in total. The first kappa shape index (κ1) is 23.7. The highest BCUT2D eigenvalue weighted by molar-refractivity contribution is 5.83. The number of fused-ring (bicyclic) bond motifs is 1. The van der Waals surface area contributed by atoms with Gasteiger partial charge in [-0.1, -0.05) is 36.4 Å². The van der Waals surface area contributed by atoms with Crippen LogP contribution in [0.3, 0.4) is 0 Å². The number of hydrogen-bond acceptors (Lipinski definition) is 5. The monoisotopic (exact) mass is 452 g/mol. The van der Waals surface area contributed by atoms with Crippen LogP contribution in [0.2, 0.25) is 0 Å². The summed E-state index contributed by atoms with van der Waals surface area (Å²) in [5.41, 5.74) is 1.28. The number of nitrogens with zero attached hydrogens (tertiary/aromatic N) is 2. The normalized spacial score (nSPS) is 22.2. The van der Waals surface area contributed by atoms with E-state index in [1.54, 1.807) is 0 Å². The number of likely N-dealkylation sites (tertiary alicyclic amines) is 1. The quantitative estimate of drug-likeness (QED) is 0.598. The predicted octanol–water partition coefficient (Wildman–Crippen LogP) is 1.86. The number of morpholine rings is 1. The molecule has 2 N–H and O–H groups in total. The first-order valence-corrected chi connectivity index (χ1v) is 12.1. The Bertz CT molecular complexity index is 944. The summed E-state index contributed by atoms with van der Waals surface area (Å²) in [5, 5.41) is 8.27. The average Bonchev–Trinajstić information content (AvgIpc) is 2.82. The minimum atomic E-state index is -0.0750. The molecular weight excluding hydrogens is 416 g/mol. The second kappa shape index (κ2) is 11.6. The Kier molecular flexibility index (Phi) is 8.31. The number of hydrogen-bond donors (Lipinski definition) is 2. The molecule has 2 aromatic carbocycles. The van der Waals surface area contributed by atoms with Gasteiger partial charge in [0.2, 0.25) is 11.8 Å². The van der Waals surface area contributed by atoms with E-state index in [1.165, 1.54) is 23.3 Å². The van der Waals surface area contributed by atoms with Crippen LogP contribution in [-0.2, 0) is 20.9 Å². The van der Waals surface area contributed by atoms with E-state index in [-0.39, 0.29) is 17.7 Å². The smallest absolute Gasteiger partial charge is 0.224 e. The first-order valence-electron chi connectivity index (χ1n) is 12.1. The molecule has 2 amide bonds. The minimum Gasteiger partial charge on any atom is -0.379 e. The maximum absolute atomic E-state index is 13.0. The van der Waals surface area contributed by atoms with Crippen LogP contribution < -0.4 is 10.6 Å². The van der Waals surface area contributed by atoms with Gasteiger partial charge in [0, 0.05) is 59.3 Å². The Hall–Kier alpha value is -2.48. The molecular formula is C26H36N4O3. The van der Waals surface area contributed by atoms with E-state index in [9.17, 15) is 9.59 Å². The van der Waals surface area contributed by atoms with Gasteiger partial charge in [0.25, 0.3) is 0 Å². The molecule has 7 heteroatoms. The van der Waals surface area contributed by atoms with Crippen LogP contribution in [0.25, 0.3) is 10.8 Å². The fraction of sp³-hybridized carbons (Fsp3) is 0.538. The first-order chi connectivity index (χ1) is 16.1. The van der Waals surface area contributed by atoms with Gasteiger partial charge in [0.15, 0.2) is 0 Å². The van der Waals surface area contributed by atoms with Crippen molar-refractivity contribution in [1.82, 2.24) is 20.4 Å². The lowest BCUT2D eigenvalue weighted by Crippen LogP contribution is -2.50. The van der Waals surface area contributed by atoms with E-state index in [4.69, 9.17) is 4.74 Å². The SMILES string of the molecule is CC(=O)NCCNC(=O)[C@@H]1C[C@H](CN2CCOCC2)CN(Cc2ccc3ccccc3c2)C1. The van der Waals surface area contributed by atoms with Crippen molar-refractivity contribution in [3.05, 3.63) is 48.0 Å². The number of rotatable bonds is 8. The van der Waals surface area contributed by atoms with Gasteiger partial charge >= 0.3 is 0 Å². The molecule has 0 aliphatic carbocycles. The molecule has 0 radical (unpaired) electrons. The minimum absolute atomic E-state index is 0.0393. The molecule has 2 atom stereocenters. The largest absolute Gasteiger partial charge is 0.379 e. The third kappa shape index (κ3) is 7.00. The molecule has 2 heterocycles. The molecule has 0 saturated carbocycles. The molecule has 0 spiro atoms. The van der Waals surface area contributed by atoms with E-state index in [0.717, 1.165) is 58.9 Å². The van der Waals surface area contributed by atoms with Crippen molar-refractivity contribution in [2.24, 2.45) is 11.8 Å². The van der Waals surface area contributed by atoms with Gasteiger partial charge < -0.3 is 15.4 Å². The predicted molar refractivity (Wildman–Crippen MR) is 130 cm³/mol. The molecule has 4 rings (SSSR count). The molecule has 2 aromatic rings. The van der Waals surface area contributed by atoms with Crippen LogP contribution in [0.5, 0.6) is 0 Å². The second-order valence-corrected chi connectivity index (χ2v) is 9.36. The van der Waals surface area contributed by atoms with E-state index < -0.39 is 0 Å². The van der Waals surface area contributed by atoms with Crippen LogP contribution >= 0.6 is 0 Å². The number of amides is 2. The van der Waals surface area contributed by atoms with Gasteiger partial charge in [-0.05, 0) is 34.7 Å². The molecule has 2 aliphatic heterocycles. The standard InChI is InChI=1S/C26H36N4O3/c1-20(31)27-8-9-28-26(32)25-15-22(17-29-10-12-33-13-11-29)18-30(19-25)16-21-6-7-23-4-2-3-5-24(23)14-21/h2-7,14,22,25H,8-13,15-19H2,1H3,(H,27,31)(H,28,32)/t22-,25-/m1/s1. The van der Waals surface area contributed by atoms with Crippen molar-refractivity contribution < 1.29 is 14.3 Å². The summed E-state index contributed by atoms with van der Waals surface area (Å²) < 4.78 is 5.51. The zero-order chi connectivity index (χ0) is 23.0. The fourth-order valence-electron chi connectivity index (χ4n) is 5.07. The summed E-state index contributed by atoms with van der Waals surface area (Å²) in [5.74, 6) is 0.426. The Labute approximate surface area is 196 Å². The highest BCUT2D eigenvalue weighted by Gasteiger charge is 2.32. The fourth-order valence-corrected chi connectivity index (χ4v) is 5.07. The molecule has 2 saturated heterocycles. The molecule has 2 aliphatic rings. The van der Waals surface area contributed by atoms with Crippen molar-refractivity contribution in [3.63, 3.8) is 0 Å². The summed E-state index contributed by atoms with van der Waals surface area (Å²) in [6.07, 6.45) is 0.900. The zero-order valence-corrected chi connectivity index (χ0v) is 19.6. The highest BCUT2D eigenvalue weighted by Crippen LogP contribution is 2.26. The number of nitrogens with one attached hydrogen (secondary N) is 2. The number of benzene rings is 2. The van der Waals surface area contributed by atoms with Gasteiger partial charge in [-0.2, -0.15) is 0 Å². The van der Waals surface area contributed by atoms with Gasteiger partial charge in [0.1, 0.15) is 0 Å². The third-order valence-corrected chi connectivity index (χ3v) is 6.62. The lowest BCUT2D eigenvalue weighted by atomic mass is 9.87. The molecule has 0 aromatic heterocycles. The maximum Gasteiger partial charge on any atom is 0.224 e. The van der Waals surface area contributed by atoms with Gasteiger partial charge in [0.05, 0.1) is 19.1 Å². The number of carbonyl (C=O) groups excluding carboxylic acids is 2. The topological polar surface area (TPSA) is 73.9 Å². The average molecular weight is 453 g/mol. The van der Waals surface area contributed by atoms with Crippen LogP contribution in [0.15, 0.2) is 42.5 Å². The lowest BCUT2D eigenvalue weighted by molar-refractivity contribution is -0.128. The maximum atomic E-state index is 13.0. The van der Waals surface area contributed by atoms with E-state index in [2.05, 4.69) is 62.9 Å². The lowest BCUT2D eigenvalue weighted by Gasteiger charge is -2.40. The van der Waals surface area contributed by atoms with Crippen LogP contribution in [0.1, 0.15) is 18.9 Å². The van der Waals surface area contributed by atoms with E-state index in [1.807, 2.05) is 0 Å². The van der Waals surface area contributed by atoms with Crippen molar-refractivity contribution in [2.45, 2.75) is 19.9 Å². The third-order valence-electron chi connectivity index (χ3n) is 6.62. The van der Waals surface area contributed by atoms with E-state index >= 15 is 0 Å².